The molecule has 0 spiro atoms. The summed E-state index contributed by atoms with van der Waals surface area (Å²) in [6, 6.07) is 0.563. The zero-order valence-corrected chi connectivity index (χ0v) is 13.4. The van der Waals surface area contributed by atoms with Gasteiger partial charge < -0.3 is 10.6 Å². The molecule has 2 fully saturated rings. The minimum atomic E-state index is -3.02. The highest BCUT2D eigenvalue weighted by Crippen LogP contribution is 2.28. The summed E-state index contributed by atoms with van der Waals surface area (Å²) < 4.78 is 24.5. The number of nitrogens with one attached hydrogen (secondary N) is 2. The fraction of sp³-hybridized carbons (Fsp3) is 0.923. The first-order valence-corrected chi connectivity index (χ1v) is 9.17. The third-order valence-corrected chi connectivity index (χ3v) is 5.56. The Labute approximate surface area is 122 Å². The van der Waals surface area contributed by atoms with Crippen LogP contribution >= 0.6 is 0 Å². The van der Waals surface area contributed by atoms with Gasteiger partial charge in [0.05, 0.1) is 6.26 Å². The SMILES string of the molecule is CN=C(NCC1CCN(S(C)(=O)=O)CC1)NC1CC1C. The Morgan fingerprint density at radius 2 is 1.95 bits per heavy atom. The first kappa shape index (κ1) is 15.6. The first-order chi connectivity index (χ1) is 9.40. The molecule has 1 saturated heterocycles. The maximum Gasteiger partial charge on any atom is 0.211 e. The van der Waals surface area contributed by atoms with Gasteiger partial charge in [0, 0.05) is 32.7 Å². The molecule has 20 heavy (non-hydrogen) atoms. The van der Waals surface area contributed by atoms with Crippen LogP contribution in [0.15, 0.2) is 4.99 Å². The van der Waals surface area contributed by atoms with E-state index < -0.39 is 10.0 Å². The van der Waals surface area contributed by atoms with E-state index in [2.05, 4.69) is 22.5 Å². The second kappa shape index (κ2) is 6.30. The van der Waals surface area contributed by atoms with Crippen molar-refractivity contribution >= 4 is 16.0 Å². The number of guanidine groups is 1. The summed E-state index contributed by atoms with van der Waals surface area (Å²) in [4.78, 5) is 4.23. The van der Waals surface area contributed by atoms with Gasteiger partial charge >= 0.3 is 0 Å². The smallest absolute Gasteiger partial charge is 0.211 e. The molecule has 0 aromatic rings. The van der Waals surface area contributed by atoms with Gasteiger partial charge in [0.15, 0.2) is 5.96 Å². The van der Waals surface area contributed by atoms with Crippen LogP contribution in [0.2, 0.25) is 0 Å². The topological polar surface area (TPSA) is 73.8 Å². The average Bonchev–Trinajstić information content (AvgIpc) is 3.09. The molecule has 2 atom stereocenters. The van der Waals surface area contributed by atoms with E-state index in [0.717, 1.165) is 31.3 Å². The molecule has 0 aromatic carbocycles. The van der Waals surface area contributed by atoms with Gasteiger partial charge in [-0.05, 0) is 31.1 Å². The van der Waals surface area contributed by atoms with Gasteiger partial charge in [-0.1, -0.05) is 6.92 Å². The van der Waals surface area contributed by atoms with Crippen molar-refractivity contribution in [2.75, 3.05) is 32.9 Å². The molecule has 7 heteroatoms. The number of piperidine rings is 1. The van der Waals surface area contributed by atoms with Crippen LogP contribution in [0, 0.1) is 11.8 Å². The molecular weight excluding hydrogens is 276 g/mol. The van der Waals surface area contributed by atoms with Crippen molar-refractivity contribution in [3.8, 4) is 0 Å². The molecule has 0 amide bonds. The van der Waals surface area contributed by atoms with Crippen LogP contribution in [-0.2, 0) is 10.0 Å². The monoisotopic (exact) mass is 302 g/mol. The Morgan fingerprint density at radius 1 is 1.35 bits per heavy atom. The average molecular weight is 302 g/mol. The number of aliphatic imine (C=N–C) groups is 1. The Balaban J connectivity index is 1.70. The molecular formula is C13H26N4O2S. The lowest BCUT2D eigenvalue weighted by atomic mass is 9.98. The fourth-order valence-electron chi connectivity index (χ4n) is 2.58. The Morgan fingerprint density at radius 3 is 2.40 bits per heavy atom. The maximum atomic E-state index is 11.4. The summed E-state index contributed by atoms with van der Waals surface area (Å²) in [6.07, 6.45) is 4.33. The summed E-state index contributed by atoms with van der Waals surface area (Å²) in [5.41, 5.74) is 0. The second-order valence-corrected chi connectivity index (χ2v) is 8.00. The number of hydrogen-bond acceptors (Lipinski definition) is 3. The molecule has 0 aromatic heterocycles. The molecule has 2 N–H and O–H groups in total. The zero-order chi connectivity index (χ0) is 14.8. The Hall–Kier alpha value is -0.820. The molecule has 6 nitrogen and oxygen atoms in total. The number of sulfonamides is 1. The van der Waals surface area contributed by atoms with E-state index in [0.29, 0.717) is 25.0 Å². The zero-order valence-electron chi connectivity index (χ0n) is 12.6. The van der Waals surface area contributed by atoms with E-state index in [1.54, 1.807) is 11.4 Å². The summed E-state index contributed by atoms with van der Waals surface area (Å²) in [5, 5.41) is 6.75. The van der Waals surface area contributed by atoms with Gasteiger partial charge in [-0.2, -0.15) is 0 Å². The van der Waals surface area contributed by atoms with Crippen molar-refractivity contribution < 1.29 is 8.42 Å². The van der Waals surface area contributed by atoms with Crippen LogP contribution in [0.25, 0.3) is 0 Å². The minimum absolute atomic E-state index is 0.517. The molecule has 2 unspecified atom stereocenters. The largest absolute Gasteiger partial charge is 0.356 e. The van der Waals surface area contributed by atoms with Gasteiger partial charge in [0.2, 0.25) is 10.0 Å². The summed E-state index contributed by atoms with van der Waals surface area (Å²) in [7, 11) is -1.24. The van der Waals surface area contributed by atoms with Crippen molar-refractivity contribution in [2.24, 2.45) is 16.8 Å². The van der Waals surface area contributed by atoms with Crippen molar-refractivity contribution in [1.82, 2.24) is 14.9 Å². The fourth-order valence-corrected chi connectivity index (χ4v) is 3.45. The lowest BCUT2D eigenvalue weighted by Crippen LogP contribution is -2.44. The standard InChI is InChI=1S/C13H26N4O2S/c1-10-8-12(10)16-13(14-2)15-9-11-4-6-17(7-5-11)20(3,18)19/h10-12H,4-9H2,1-3H3,(H2,14,15,16). The van der Waals surface area contributed by atoms with Crippen molar-refractivity contribution in [3.05, 3.63) is 0 Å². The van der Waals surface area contributed by atoms with E-state index in [1.165, 1.54) is 12.7 Å². The molecule has 0 radical (unpaired) electrons. The van der Waals surface area contributed by atoms with E-state index in [-0.39, 0.29) is 0 Å². The van der Waals surface area contributed by atoms with Crippen LogP contribution in [0.5, 0.6) is 0 Å². The lowest BCUT2D eigenvalue weighted by Gasteiger charge is -2.30. The van der Waals surface area contributed by atoms with E-state index in [1.807, 2.05) is 0 Å². The van der Waals surface area contributed by atoms with Crippen LogP contribution in [-0.4, -0.2) is 57.7 Å². The normalized spacial score (nSPS) is 29.2. The van der Waals surface area contributed by atoms with Crippen LogP contribution < -0.4 is 10.6 Å². The van der Waals surface area contributed by atoms with Crippen molar-refractivity contribution in [2.45, 2.75) is 32.2 Å². The predicted octanol–water partition coefficient (Wildman–Crippen LogP) is 0.231. The summed E-state index contributed by atoms with van der Waals surface area (Å²) >= 11 is 0. The molecule has 116 valence electrons. The quantitative estimate of drug-likeness (QED) is 0.576. The maximum absolute atomic E-state index is 11.4. The van der Waals surface area contributed by atoms with Gasteiger partial charge in [0.25, 0.3) is 0 Å². The number of hydrogen-bond donors (Lipinski definition) is 2. The summed E-state index contributed by atoms with van der Waals surface area (Å²) in [5.74, 6) is 2.12. The molecule has 1 aliphatic carbocycles. The predicted molar refractivity (Wildman–Crippen MR) is 81.2 cm³/mol. The van der Waals surface area contributed by atoms with E-state index >= 15 is 0 Å². The van der Waals surface area contributed by atoms with E-state index in [4.69, 9.17) is 0 Å². The van der Waals surface area contributed by atoms with Crippen molar-refractivity contribution in [3.63, 3.8) is 0 Å². The molecule has 2 aliphatic rings. The van der Waals surface area contributed by atoms with Gasteiger partial charge in [-0.25, -0.2) is 12.7 Å². The molecule has 1 heterocycles. The second-order valence-electron chi connectivity index (χ2n) is 6.02. The minimum Gasteiger partial charge on any atom is -0.356 e. The van der Waals surface area contributed by atoms with Crippen molar-refractivity contribution in [1.29, 1.82) is 0 Å². The number of rotatable bonds is 4. The third-order valence-electron chi connectivity index (χ3n) is 4.26. The molecule has 2 rings (SSSR count). The highest BCUT2D eigenvalue weighted by molar-refractivity contribution is 7.88. The lowest BCUT2D eigenvalue weighted by molar-refractivity contribution is 0.275. The van der Waals surface area contributed by atoms with Gasteiger partial charge in [-0.3, -0.25) is 4.99 Å². The molecule has 0 bridgehead atoms. The molecule has 1 aliphatic heterocycles. The van der Waals surface area contributed by atoms with Crippen LogP contribution in [0.3, 0.4) is 0 Å². The van der Waals surface area contributed by atoms with E-state index in [9.17, 15) is 8.42 Å². The summed E-state index contributed by atoms with van der Waals surface area (Å²) in [6.45, 7) is 4.36. The van der Waals surface area contributed by atoms with Crippen LogP contribution in [0.1, 0.15) is 26.2 Å². The Kier molecular flexibility index (Phi) is 4.90. The first-order valence-electron chi connectivity index (χ1n) is 7.32. The van der Waals surface area contributed by atoms with Gasteiger partial charge in [0.1, 0.15) is 0 Å². The van der Waals surface area contributed by atoms with Crippen LogP contribution in [0.4, 0.5) is 0 Å². The highest BCUT2D eigenvalue weighted by Gasteiger charge is 2.33. The highest BCUT2D eigenvalue weighted by atomic mass is 32.2. The molecule has 1 saturated carbocycles. The number of nitrogens with zero attached hydrogens (tertiary/aromatic N) is 2. The third kappa shape index (κ3) is 4.34. The van der Waals surface area contributed by atoms with Gasteiger partial charge in [-0.15, -0.1) is 0 Å². The Bertz CT molecular complexity index is 455.